The van der Waals surface area contributed by atoms with Crippen LogP contribution in [0.25, 0.3) is 16.8 Å². The van der Waals surface area contributed by atoms with Crippen molar-refractivity contribution in [3.05, 3.63) is 42.2 Å². The molecule has 0 spiro atoms. The number of nitrogens with zero attached hydrogens (tertiary/aromatic N) is 3. The monoisotopic (exact) mass is 219 g/mol. The van der Waals surface area contributed by atoms with E-state index in [4.69, 9.17) is 16.0 Å². The van der Waals surface area contributed by atoms with Crippen LogP contribution in [0, 0.1) is 0 Å². The molecule has 15 heavy (non-hydrogen) atoms. The molecule has 0 aliphatic rings. The quantitative estimate of drug-likeness (QED) is 0.591. The second-order valence-corrected chi connectivity index (χ2v) is 3.50. The lowest BCUT2D eigenvalue weighted by atomic mass is 10.1. The number of halogens is 1. The van der Waals surface area contributed by atoms with Crippen molar-refractivity contribution in [2.75, 3.05) is 0 Å². The second-order valence-electron chi connectivity index (χ2n) is 3.11. The summed E-state index contributed by atoms with van der Waals surface area (Å²) in [6.45, 7) is 0. The maximum Gasteiger partial charge on any atom is 0.157 e. The van der Waals surface area contributed by atoms with Gasteiger partial charge in [-0.1, -0.05) is 11.6 Å². The van der Waals surface area contributed by atoms with E-state index in [1.165, 1.54) is 6.33 Å². The molecule has 3 heterocycles. The molecule has 3 rings (SSSR count). The lowest BCUT2D eigenvalue weighted by Gasteiger charge is -2.00. The fraction of sp³-hybridized carbons (Fsp3) is 0. The summed E-state index contributed by atoms with van der Waals surface area (Å²) in [7, 11) is 0. The molecule has 0 aliphatic heterocycles. The van der Waals surface area contributed by atoms with Gasteiger partial charge in [-0.15, -0.1) is 0 Å². The van der Waals surface area contributed by atoms with Gasteiger partial charge in [-0.3, -0.25) is 0 Å². The summed E-state index contributed by atoms with van der Waals surface area (Å²) in [6, 6.07) is 5.61. The molecule has 0 unspecified atom stereocenters. The Hall–Kier alpha value is -1.81. The second kappa shape index (κ2) is 3.10. The third-order valence-electron chi connectivity index (χ3n) is 2.19. The van der Waals surface area contributed by atoms with Crippen molar-refractivity contribution < 1.29 is 4.42 Å². The van der Waals surface area contributed by atoms with Gasteiger partial charge < -0.3 is 4.42 Å². The summed E-state index contributed by atoms with van der Waals surface area (Å²) < 4.78 is 6.59. The van der Waals surface area contributed by atoms with Crippen LogP contribution in [0.1, 0.15) is 0 Å². The Labute approximate surface area is 90.1 Å². The van der Waals surface area contributed by atoms with Gasteiger partial charge in [0.25, 0.3) is 0 Å². The molecule has 0 aliphatic carbocycles. The minimum Gasteiger partial charge on any atom is -0.472 e. The third kappa shape index (κ3) is 1.30. The fourth-order valence-electron chi connectivity index (χ4n) is 1.48. The molecule has 5 heteroatoms. The lowest BCUT2D eigenvalue weighted by Crippen LogP contribution is -1.89. The summed E-state index contributed by atoms with van der Waals surface area (Å²) in [6.07, 6.45) is 4.76. The normalized spacial score (nSPS) is 11.0. The molecule has 0 N–H and O–H groups in total. The van der Waals surface area contributed by atoms with E-state index < -0.39 is 0 Å². The van der Waals surface area contributed by atoms with Crippen molar-refractivity contribution in [3.8, 4) is 11.1 Å². The van der Waals surface area contributed by atoms with Gasteiger partial charge in [0.05, 0.1) is 12.5 Å². The van der Waals surface area contributed by atoms with Crippen LogP contribution in [0.4, 0.5) is 0 Å². The highest BCUT2D eigenvalue weighted by Crippen LogP contribution is 2.24. The minimum atomic E-state index is 0.529. The lowest BCUT2D eigenvalue weighted by molar-refractivity contribution is 0.568. The Balaban J connectivity index is 2.29. The summed E-state index contributed by atoms with van der Waals surface area (Å²) in [4.78, 5) is 4.09. The van der Waals surface area contributed by atoms with E-state index in [2.05, 4.69) is 10.1 Å². The molecule has 0 radical (unpaired) electrons. The molecule has 0 saturated carbocycles. The van der Waals surface area contributed by atoms with Gasteiger partial charge in [0.2, 0.25) is 0 Å². The minimum absolute atomic E-state index is 0.529. The highest BCUT2D eigenvalue weighted by molar-refractivity contribution is 6.30. The Morgan fingerprint density at radius 3 is 3.00 bits per heavy atom. The van der Waals surface area contributed by atoms with E-state index in [9.17, 15) is 0 Å². The van der Waals surface area contributed by atoms with Crippen LogP contribution in [-0.4, -0.2) is 14.6 Å². The molecule has 0 aromatic carbocycles. The van der Waals surface area contributed by atoms with Gasteiger partial charge in [0.15, 0.2) is 5.65 Å². The van der Waals surface area contributed by atoms with Crippen molar-refractivity contribution in [2.24, 2.45) is 0 Å². The first-order valence-electron chi connectivity index (χ1n) is 4.36. The Morgan fingerprint density at radius 1 is 1.27 bits per heavy atom. The number of hydrogen-bond acceptors (Lipinski definition) is 3. The molecule has 0 saturated heterocycles. The third-order valence-corrected chi connectivity index (χ3v) is 2.46. The Morgan fingerprint density at radius 2 is 2.20 bits per heavy atom. The SMILES string of the molecule is Clc1cc(-c2ccoc2)cc2ncnn12. The molecule has 3 aromatic heterocycles. The van der Waals surface area contributed by atoms with Gasteiger partial charge >= 0.3 is 0 Å². The standard InChI is InChI=1S/C10H6ClN3O/c11-9-3-8(7-1-2-15-5-7)4-10-12-6-13-14(9)10/h1-6H. The molecule has 0 bridgehead atoms. The van der Waals surface area contributed by atoms with Crippen molar-refractivity contribution in [3.63, 3.8) is 0 Å². The van der Waals surface area contributed by atoms with E-state index in [0.717, 1.165) is 16.8 Å². The smallest absolute Gasteiger partial charge is 0.157 e. The summed E-state index contributed by atoms with van der Waals surface area (Å²) in [5.74, 6) is 0. The average Bonchev–Trinajstić information content (AvgIpc) is 2.88. The predicted octanol–water partition coefficient (Wildman–Crippen LogP) is 2.64. The van der Waals surface area contributed by atoms with Crippen LogP contribution in [-0.2, 0) is 0 Å². The number of aromatic nitrogens is 3. The zero-order valence-electron chi connectivity index (χ0n) is 7.59. The number of furan rings is 1. The summed E-state index contributed by atoms with van der Waals surface area (Å²) in [5, 5.41) is 4.52. The first-order valence-corrected chi connectivity index (χ1v) is 4.74. The van der Waals surface area contributed by atoms with Gasteiger partial charge in [-0.25, -0.2) is 9.50 Å². The van der Waals surface area contributed by atoms with Crippen LogP contribution in [0.2, 0.25) is 5.15 Å². The maximum atomic E-state index is 6.05. The predicted molar refractivity (Wildman–Crippen MR) is 55.7 cm³/mol. The molecule has 0 amide bonds. The van der Waals surface area contributed by atoms with Crippen LogP contribution in [0.15, 0.2) is 41.5 Å². The van der Waals surface area contributed by atoms with Crippen LogP contribution >= 0.6 is 11.6 Å². The van der Waals surface area contributed by atoms with Gasteiger partial charge in [-0.2, -0.15) is 5.10 Å². The number of rotatable bonds is 1. The Bertz CT molecular complexity index is 600. The first-order chi connectivity index (χ1) is 7.34. The largest absolute Gasteiger partial charge is 0.472 e. The van der Waals surface area contributed by atoms with Crippen LogP contribution < -0.4 is 0 Å². The Kier molecular flexibility index (Phi) is 1.76. The molecule has 0 atom stereocenters. The van der Waals surface area contributed by atoms with E-state index >= 15 is 0 Å². The van der Waals surface area contributed by atoms with Crippen molar-refractivity contribution >= 4 is 17.2 Å². The first kappa shape index (κ1) is 8.49. The van der Waals surface area contributed by atoms with Crippen molar-refractivity contribution in [1.82, 2.24) is 14.6 Å². The zero-order valence-corrected chi connectivity index (χ0v) is 8.35. The van der Waals surface area contributed by atoms with E-state index in [1.54, 1.807) is 17.0 Å². The number of hydrogen-bond donors (Lipinski definition) is 0. The molecule has 0 fully saturated rings. The van der Waals surface area contributed by atoms with Crippen LogP contribution in [0.3, 0.4) is 0 Å². The zero-order chi connectivity index (χ0) is 10.3. The van der Waals surface area contributed by atoms with Crippen LogP contribution in [0.5, 0.6) is 0 Å². The molecule has 4 nitrogen and oxygen atoms in total. The average molecular weight is 220 g/mol. The summed E-state index contributed by atoms with van der Waals surface area (Å²) in [5.41, 5.74) is 2.66. The van der Waals surface area contributed by atoms with E-state index in [-0.39, 0.29) is 0 Å². The van der Waals surface area contributed by atoms with Crippen molar-refractivity contribution in [2.45, 2.75) is 0 Å². The highest BCUT2D eigenvalue weighted by atomic mass is 35.5. The maximum absolute atomic E-state index is 6.05. The van der Waals surface area contributed by atoms with Gasteiger partial charge in [-0.05, 0) is 23.8 Å². The number of pyridine rings is 1. The topological polar surface area (TPSA) is 43.3 Å². The van der Waals surface area contributed by atoms with Gasteiger partial charge in [0.1, 0.15) is 11.5 Å². The summed E-state index contributed by atoms with van der Waals surface area (Å²) >= 11 is 6.05. The number of fused-ring (bicyclic) bond motifs is 1. The van der Waals surface area contributed by atoms with E-state index in [0.29, 0.717) is 5.15 Å². The van der Waals surface area contributed by atoms with Crippen molar-refractivity contribution in [1.29, 1.82) is 0 Å². The molecule has 74 valence electrons. The molecule has 3 aromatic rings. The van der Waals surface area contributed by atoms with E-state index in [1.807, 2.05) is 18.2 Å². The highest BCUT2D eigenvalue weighted by Gasteiger charge is 2.06. The molecular weight excluding hydrogens is 214 g/mol. The fourth-order valence-corrected chi connectivity index (χ4v) is 1.73. The van der Waals surface area contributed by atoms with Gasteiger partial charge in [0, 0.05) is 5.56 Å². The molecular formula is C10H6ClN3O.